The highest BCUT2D eigenvalue weighted by Gasteiger charge is 2.20. The molecule has 0 amide bonds. The van der Waals surface area contributed by atoms with Gasteiger partial charge in [-0.25, -0.2) is 9.59 Å². The number of benzene rings is 2. The Morgan fingerprint density at radius 3 is 2.66 bits per heavy atom. The zero-order valence-electron chi connectivity index (χ0n) is 19.8. The van der Waals surface area contributed by atoms with E-state index in [0.29, 0.717) is 16.9 Å². The number of nitrogens with one attached hydrogen (secondary N) is 1. The van der Waals surface area contributed by atoms with E-state index < -0.39 is 5.97 Å². The molecular formula is C27H29N3O5. The topological polar surface area (TPSA) is 99.0 Å². The van der Waals surface area contributed by atoms with E-state index in [9.17, 15) is 14.7 Å². The molecule has 182 valence electrons. The van der Waals surface area contributed by atoms with E-state index in [-0.39, 0.29) is 5.63 Å². The van der Waals surface area contributed by atoms with Gasteiger partial charge in [-0.2, -0.15) is 0 Å². The summed E-state index contributed by atoms with van der Waals surface area (Å²) >= 11 is 0. The number of rotatable bonds is 8. The first kappa shape index (κ1) is 23.0. The summed E-state index contributed by atoms with van der Waals surface area (Å²) in [6.07, 6.45) is 5.02. The van der Waals surface area contributed by atoms with Crippen LogP contribution in [0.5, 0.6) is 5.75 Å². The number of hydrogen-bond acceptors (Lipinski definition) is 6. The summed E-state index contributed by atoms with van der Waals surface area (Å²) in [4.78, 5) is 31.4. The van der Waals surface area contributed by atoms with Crippen LogP contribution in [0.3, 0.4) is 0 Å². The van der Waals surface area contributed by atoms with E-state index in [2.05, 4.69) is 14.8 Å². The molecule has 2 aromatic carbocycles. The van der Waals surface area contributed by atoms with Crippen molar-refractivity contribution in [1.82, 2.24) is 9.88 Å². The number of unbranched alkanes of at least 4 members (excludes halogenated alkanes) is 1. The van der Waals surface area contributed by atoms with Crippen LogP contribution < -0.4 is 15.3 Å². The van der Waals surface area contributed by atoms with Gasteiger partial charge in [0.1, 0.15) is 11.3 Å². The van der Waals surface area contributed by atoms with Gasteiger partial charge < -0.3 is 24.1 Å². The molecule has 0 spiro atoms. The van der Waals surface area contributed by atoms with Gasteiger partial charge in [-0.15, -0.1) is 0 Å². The van der Waals surface area contributed by atoms with Gasteiger partial charge in [0.2, 0.25) is 0 Å². The normalized spacial score (nSPS) is 14.6. The summed E-state index contributed by atoms with van der Waals surface area (Å²) in [6, 6.07) is 12.4. The predicted octanol–water partition coefficient (Wildman–Crippen LogP) is 4.13. The lowest BCUT2D eigenvalue weighted by Crippen LogP contribution is -2.46. The number of aromatic nitrogens is 1. The number of anilines is 1. The highest BCUT2D eigenvalue weighted by molar-refractivity contribution is 5.94. The van der Waals surface area contributed by atoms with Crippen molar-refractivity contribution < 1.29 is 19.1 Å². The molecule has 0 saturated carbocycles. The molecule has 0 bridgehead atoms. The molecule has 8 heteroatoms. The molecular weight excluding hydrogens is 446 g/mol. The largest absolute Gasteiger partial charge is 0.497 e. The number of carboxylic acids is 1. The minimum atomic E-state index is -0.901. The molecule has 35 heavy (non-hydrogen) atoms. The van der Waals surface area contributed by atoms with Crippen molar-refractivity contribution in [1.29, 1.82) is 0 Å². The van der Waals surface area contributed by atoms with Gasteiger partial charge in [-0.1, -0.05) is 0 Å². The molecule has 0 radical (unpaired) electrons. The van der Waals surface area contributed by atoms with Gasteiger partial charge in [0.15, 0.2) is 0 Å². The molecule has 0 atom stereocenters. The molecule has 8 nitrogen and oxygen atoms in total. The third kappa shape index (κ3) is 4.88. The molecule has 1 aliphatic heterocycles. The maximum atomic E-state index is 12.1. The maximum Gasteiger partial charge on any atom is 0.338 e. The van der Waals surface area contributed by atoms with Crippen LogP contribution in [0.4, 0.5) is 5.69 Å². The van der Waals surface area contributed by atoms with E-state index in [1.54, 1.807) is 31.4 Å². The Bertz CT molecular complexity index is 1420. The van der Waals surface area contributed by atoms with E-state index in [4.69, 9.17) is 9.15 Å². The number of aromatic carboxylic acids is 1. The summed E-state index contributed by atoms with van der Waals surface area (Å²) in [5, 5.41) is 11.2. The number of hydrogen-bond donors (Lipinski definition) is 2. The third-order valence-corrected chi connectivity index (χ3v) is 6.83. The first-order valence-electron chi connectivity index (χ1n) is 11.9. The molecule has 0 aliphatic carbocycles. The average Bonchev–Trinajstić information content (AvgIpc) is 3.28. The van der Waals surface area contributed by atoms with Crippen molar-refractivity contribution in [3.63, 3.8) is 0 Å². The lowest BCUT2D eigenvalue weighted by Gasteiger charge is -2.36. The summed E-state index contributed by atoms with van der Waals surface area (Å²) in [5.41, 5.74) is 3.57. The van der Waals surface area contributed by atoms with Gasteiger partial charge in [-0.05, 0) is 61.7 Å². The number of carbonyl (C=O) groups is 1. The smallest absolute Gasteiger partial charge is 0.338 e. The molecule has 2 aromatic heterocycles. The van der Waals surface area contributed by atoms with E-state index in [1.807, 2.05) is 24.4 Å². The second-order valence-corrected chi connectivity index (χ2v) is 8.98. The maximum absolute atomic E-state index is 12.1. The predicted molar refractivity (Wildman–Crippen MR) is 136 cm³/mol. The molecule has 1 saturated heterocycles. The quantitative estimate of drug-likeness (QED) is 0.292. The van der Waals surface area contributed by atoms with Crippen LogP contribution in [0.15, 0.2) is 57.9 Å². The van der Waals surface area contributed by atoms with E-state index >= 15 is 0 Å². The molecule has 5 rings (SSSR count). The Morgan fingerprint density at radius 2 is 1.89 bits per heavy atom. The molecule has 2 N–H and O–H groups in total. The standard InChI is InChI=1S/C27H29N3O5/c1-34-20-6-7-21-24(16-26(31)35-25(21)15-20)30-12-10-29(11-13-30)9-3-2-4-19-17-28-23-8-5-18(27(32)33)14-22(19)23/h5-8,14-17,28H,2-4,9-13H2,1H3,(H,32,33). The fourth-order valence-corrected chi connectivity index (χ4v) is 4.90. The van der Waals surface area contributed by atoms with Crippen molar-refractivity contribution in [2.45, 2.75) is 19.3 Å². The van der Waals surface area contributed by atoms with Crippen LogP contribution >= 0.6 is 0 Å². The Labute approximate surface area is 202 Å². The monoisotopic (exact) mass is 475 g/mol. The van der Waals surface area contributed by atoms with Gasteiger partial charge in [-0.3, -0.25) is 4.90 Å². The summed E-state index contributed by atoms with van der Waals surface area (Å²) in [5.74, 6) is -0.236. The van der Waals surface area contributed by atoms with E-state index in [0.717, 1.165) is 74.0 Å². The van der Waals surface area contributed by atoms with E-state index in [1.165, 1.54) is 5.56 Å². The Hall–Kier alpha value is -3.78. The highest BCUT2D eigenvalue weighted by Crippen LogP contribution is 2.29. The Balaban J connectivity index is 1.15. The van der Waals surface area contributed by atoms with Crippen LogP contribution in [-0.4, -0.2) is 60.8 Å². The minimum absolute atomic E-state index is 0.319. The number of carboxylic acid groups (broad SMARTS) is 1. The highest BCUT2D eigenvalue weighted by atomic mass is 16.5. The minimum Gasteiger partial charge on any atom is -0.497 e. The number of methoxy groups -OCH3 is 1. The zero-order chi connectivity index (χ0) is 24.4. The molecule has 3 heterocycles. The Morgan fingerprint density at radius 1 is 1.06 bits per heavy atom. The summed E-state index contributed by atoms with van der Waals surface area (Å²) < 4.78 is 10.7. The second-order valence-electron chi connectivity index (χ2n) is 8.98. The van der Waals surface area contributed by atoms with Gasteiger partial charge >= 0.3 is 11.6 Å². The number of fused-ring (bicyclic) bond motifs is 2. The van der Waals surface area contributed by atoms with Crippen LogP contribution in [0.2, 0.25) is 0 Å². The van der Waals surface area contributed by atoms with Crippen LogP contribution in [0.25, 0.3) is 21.9 Å². The average molecular weight is 476 g/mol. The first-order valence-corrected chi connectivity index (χ1v) is 11.9. The number of ether oxygens (including phenoxy) is 1. The van der Waals surface area contributed by atoms with Crippen LogP contribution in [0, 0.1) is 0 Å². The van der Waals surface area contributed by atoms with Crippen LogP contribution in [-0.2, 0) is 6.42 Å². The fourth-order valence-electron chi connectivity index (χ4n) is 4.90. The molecule has 0 unspecified atom stereocenters. The molecule has 4 aromatic rings. The van der Waals surface area contributed by atoms with Crippen molar-refractivity contribution in [3.05, 3.63) is 70.2 Å². The van der Waals surface area contributed by atoms with Gasteiger partial charge in [0, 0.05) is 60.8 Å². The Kier molecular flexibility index (Phi) is 6.46. The SMILES string of the molecule is COc1ccc2c(N3CCN(CCCCc4c[nH]c5ccc(C(=O)O)cc45)CC3)cc(=O)oc2c1. The lowest BCUT2D eigenvalue weighted by atomic mass is 10.0. The number of nitrogens with zero attached hydrogens (tertiary/aromatic N) is 2. The van der Waals surface area contributed by atoms with Gasteiger partial charge in [0.05, 0.1) is 18.4 Å². The van der Waals surface area contributed by atoms with Crippen molar-refractivity contribution >= 4 is 33.5 Å². The number of H-pyrrole nitrogens is 1. The lowest BCUT2D eigenvalue weighted by molar-refractivity contribution is 0.0697. The first-order chi connectivity index (χ1) is 17.0. The zero-order valence-corrected chi connectivity index (χ0v) is 19.8. The number of aromatic amines is 1. The van der Waals surface area contributed by atoms with Crippen LogP contribution in [0.1, 0.15) is 28.8 Å². The summed E-state index contributed by atoms with van der Waals surface area (Å²) in [7, 11) is 1.60. The number of piperazine rings is 1. The summed E-state index contributed by atoms with van der Waals surface area (Å²) in [6.45, 7) is 4.60. The molecule has 1 fully saturated rings. The fraction of sp³-hybridized carbons (Fsp3) is 0.333. The van der Waals surface area contributed by atoms with Crippen molar-refractivity contribution in [2.24, 2.45) is 0 Å². The van der Waals surface area contributed by atoms with Gasteiger partial charge in [0.25, 0.3) is 0 Å². The third-order valence-electron chi connectivity index (χ3n) is 6.83. The second kappa shape index (κ2) is 9.84. The van der Waals surface area contributed by atoms with Crippen molar-refractivity contribution in [3.8, 4) is 5.75 Å². The molecule has 1 aliphatic rings. The van der Waals surface area contributed by atoms with Crippen molar-refractivity contribution in [2.75, 3.05) is 44.7 Å². The number of aryl methyl sites for hydroxylation is 1.